The van der Waals surface area contributed by atoms with E-state index in [1.807, 2.05) is 20.8 Å². The second-order valence-corrected chi connectivity index (χ2v) is 7.23. The van der Waals surface area contributed by atoms with E-state index in [0.717, 1.165) is 25.7 Å². The van der Waals surface area contributed by atoms with Gasteiger partial charge in [0.15, 0.2) is 17.3 Å². The van der Waals surface area contributed by atoms with Crippen molar-refractivity contribution >= 4 is 5.91 Å². The lowest BCUT2D eigenvalue weighted by Crippen LogP contribution is -2.35. The Kier molecular flexibility index (Phi) is 5.17. The van der Waals surface area contributed by atoms with Crippen LogP contribution in [-0.4, -0.2) is 38.3 Å². The zero-order valence-electron chi connectivity index (χ0n) is 14.9. The van der Waals surface area contributed by atoms with Crippen molar-refractivity contribution in [2.24, 2.45) is 0 Å². The molecule has 1 atom stereocenters. The Morgan fingerprint density at radius 3 is 2.88 bits per heavy atom. The smallest absolute Gasteiger partial charge is 0.276 e. The van der Waals surface area contributed by atoms with E-state index in [-0.39, 0.29) is 29.9 Å². The van der Waals surface area contributed by atoms with Crippen molar-refractivity contribution in [3.8, 4) is 0 Å². The summed E-state index contributed by atoms with van der Waals surface area (Å²) in [5.41, 5.74) is -0.00578. The van der Waals surface area contributed by atoms with Gasteiger partial charge in [-0.2, -0.15) is 4.98 Å². The maximum atomic E-state index is 12.9. The van der Waals surface area contributed by atoms with Crippen LogP contribution in [0.5, 0.6) is 0 Å². The molecule has 0 unspecified atom stereocenters. The van der Waals surface area contributed by atoms with Crippen molar-refractivity contribution in [2.75, 3.05) is 6.54 Å². The van der Waals surface area contributed by atoms with Crippen molar-refractivity contribution in [3.63, 3.8) is 0 Å². The van der Waals surface area contributed by atoms with Gasteiger partial charge in [0.1, 0.15) is 6.61 Å². The highest BCUT2D eigenvalue weighted by atomic mass is 16.5. The number of likely N-dealkylation sites (tertiary alicyclic amines) is 1. The number of amides is 1. The highest BCUT2D eigenvalue weighted by Gasteiger charge is 2.32. The first-order valence-corrected chi connectivity index (χ1v) is 8.61. The summed E-state index contributed by atoms with van der Waals surface area (Å²) in [5, 5.41) is 7.85. The molecule has 1 aliphatic rings. The second-order valence-electron chi connectivity index (χ2n) is 7.23. The molecule has 3 rings (SSSR count). The fourth-order valence-corrected chi connectivity index (χ4v) is 2.86. The van der Waals surface area contributed by atoms with Gasteiger partial charge in [0.2, 0.25) is 6.39 Å². The monoisotopic (exact) mass is 348 g/mol. The second kappa shape index (κ2) is 7.35. The minimum Gasteiger partial charge on any atom is -0.368 e. The number of hydrogen-bond donors (Lipinski definition) is 0. The van der Waals surface area contributed by atoms with Gasteiger partial charge in [-0.05, 0) is 33.6 Å². The van der Waals surface area contributed by atoms with Crippen molar-refractivity contribution in [3.05, 3.63) is 29.7 Å². The number of ether oxygens (including phenoxy) is 1. The molecule has 3 heterocycles. The van der Waals surface area contributed by atoms with Crippen LogP contribution in [0.3, 0.4) is 0 Å². The standard InChI is InChI=1S/C17H24N4O4/c1-17(2,3)23-10-12-9-13(19-25-12)16(22)21-8-6-4-5-7-14(21)15-18-11-24-20-15/h9,11,14H,4-8,10H2,1-3H3/t14-/m0/s1. The Labute approximate surface area is 146 Å². The quantitative estimate of drug-likeness (QED) is 0.837. The first kappa shape index (κ1) is 17.6. The van der Waals surface area contributed by atoms with Crippen molar-refractivity contribution in [1.82, 2.24) is 20.2 Å². The Morgan fingerprint density at radius 1 is 1.32 bits per heavy atom. The van der Waals surface area contributed by atoms with E-state index in [9.17, 15) is 4.79 Å². The third kappa shape index (κ3) is 4.45. The molecule has 0 bridgehead atoms. The van der Waals surface area contributed by atoms with Gasteiger partial charge in [-0.1, -0.05) is 23.2 Å². The van der Waals surface area contributed by atoms with Gasteiger partial charge in [0, 0.05) is 12.6 Å². The largest absolute Gasteiger partial charge is 0.368 e. The Bertz CT molecular complexity index is 690. The topological polar surface area (TPSA) is 94.5 Å². The number of hydrogen-bond acceptors (Lipinski definition) is 7. The third-order valence-electron chi connectivity index (χ3n) is 4.12. The SMILES string of the molecule is CC(C)(C)OCc1cc(C(=O)N2CCCCC[C@H]2c2ncon2)no1. The minimum atomic E-state index is -0.286. The average molecular weight is 348 g/mol. The lowest BCUT2D eigenvalue weighted by molar-refractivity contribution is -0.0241. The first-order chi connectivity index (χ1) is 11.9. The van der Waals surface area contributed by atoms with E-state index in [2.05, 4.69) is 15.3 Å². The van der Waals surface area contributed by atoms with Crippen LogP contribution in [0.1, 0.15) is 74.6 Å². The Hall–Kier alpha value is -2.22. The number of carbonyl (C=O) groups excluding carboxylic acids is 1. The van der Waals surface area contributed by atoms with Crippen LogP contribution in [-0.2, 0) is 11.3 Å². The van der Waals surface area contributed by atoms with Gasteiger partial charge in [-0.25, -0.2) is 0 Å². The molecule has 0 saturated carbocycles. The summed E-state index contributed by atoms with van der Waals surface area (Å²) in [4.78, 5) is 18.9. The first-order valence-electron chi connectivity index (χ1n) is 8.61. The van der Waals surface area contributed by atoms with Gasteiger partial charge >= 0.3 is 0 Å². The summed E-state index contributed by atoms with van der Waals surface area (Å²) in [6, 6.07) is 1.45. The van der Waals surface area contributed by atoms with Gasteiger partial charge < -0.3 is 18.7 Å². The van der Waals surface area contributed by atoms with Gasteiger partial charge in [0.25, 0.3) is 5.91 Å². The van der Waals surface area contributed by atoms with E-state index >= 15 is 0 Å². The molecule has 0 aromatic carbocycles. The van der Waals surface area contributed by atoms with Crippen LogP contribution < -0.4 is 0 Å². The lowest BCUT2D eigenvalue weighted by Gasteiger charge is -2.26. The summed E-state index contributed by atoms with van der Waals surface area (Å²) in [7, 11) is 0. The van der Waals surface area contributed by atoms with Crippen LogP contribution in [0.2, 0.25) is 0 Å². The maximum Gasteiger partial charge on any atom is 0.276 e. The molecule has 1 fully saturated rings. The molecule has 0 N–H and O–H groups in total. The number of rotatable bonds is 4. The summed E-state index contributed by atoms with van der Waals surface area (Å²) in [5.74, 6) is 0.890. The molecule has 1 aliphatic heterocycles. The van der Waals surface area contributed by atoms with E-state index in [4.69, 9.17) is 13.8 Å². The Morgan fingerprint density at radius 2 is 2.16 bits per heavy atom. The van der Waals surface area contributed by atoms with Crippen molar-refractivity contribution in [1.29, 1.82) is 0 Å². The highest BCUT2D eigenvalue weighted by molar-refractivity contribution is 5.92. The fraction of sp³-hybridized carbons (Fsp3) is 0.647. The average Bonchev–Trinajstić information content (AvgIpc) is 3.19. The van der Waals surface area contributed by atoms with Crippen LogP contribution in [0, 0.1) is 0 Å². The fourth-order valence-electron chi connectivity index (χ4n) is 2.86. The predicted molar refractivity (Wildman–Crippen MR) is 87.6 cm³/mol. The molecule has 0 spiro atoms. The molecular weight excluding hydrogens is 324 g/mol. The van der Waals surface area contributed by atoms with E-state index in [1.54, 1.807) is 11.0 Å². The molecule has 0 aliphatic carbocycles. The summed E-state index contributed by atoms with van der Waals surface area (Å²) >= 11 is 0. The van der Waals surface area contributed by atoms with Crippen LogP contribution in [0.4, 0.5) is 0 Å². The number of carbonyl (C=O) groups is 1. The van der Waals surface area contributed by atoms with Crippen LogP contribution in [0.25, 0.3) is 0 Å². The molecule has 0 radical (unpaired) electrons. The van der Waals surface area contributed by atoms with Crippen molar-refractivity contribution in [2.45, 2.75) is 64.7 Å². The molecule has 25 heavy (non-hydrogen) atoms. The van der Waals surface area contributed by atoms with Gasteiger partial charge in [-0.15, -0.1) is 0 Å². The molecule has 2 aromatic rings. The van der Waals surface area contributed by atoms with Crippen molar-refractivity contribution < 1.29 is 18.6 Å². The molecule has 8 heteroatoms. The van der Waals surface area contributed by atoms with Crippen LogP contribution >= 0.6 is 0 Å². The van der Waals surface area contributed by atoms with E-state index < -0.39 is 0 Å². The highest BCUT2D eigenvalue weighted by Crippen LogP contribution is 2.29. The predicted octanol–water partition coefficient (Wildman–Crippen LogP) is 3.13. The molecular formula is C17H24N4O4. The zero-order chi connectivity index (χ0) is 17.9. The minimum absolute atomic E-state index is 0.178. The van der Waals surface area contributed by atoms with Crippen LogP contribution in [0.15, 0.2) is 21.5 Å². The number of nitrogens with zero attached hydrogens (tertiary/aromatic N) is 4. The zero-order valence-corrected chi connectivity index (χ0v) is 14.9. The summed E-state index contributed by atoms with van der Waals surface area (Å²) < 4.78 is 15.8. The molecule has 1 saturated heterocycles. The summed E-state index contributed by atoms with van der Waals surface area (Å²) in [6.07, 6.45) is 5.13. The van der Waals surface area contributed by atoms with E-state index in [0.29, 0.717) is 18.1 Å². The maximum absolute atomic E-state index is 12.9. The lowest BCUT2D eigenvalue weighted by atomic mass is 10.1. The van der Waals surface area contributed by atoms with Gasteiger partial charge in [-0.3, -0.25) is 4.79 Å². The molecule has 2 aromatic heterocycles. The molecule has 8 nitrogen and oxygen atoms in total. The normalized spacial score (nSPS) is 19.0. The molecule has 136 valence electrons. The third-order valence-corrected chi connectivity index (χ3v) is 4.12. The van der Waals surface area contributed by atoms with E-state index in [1.165, 1.54) is 6.39 Å². The summed E-state index contributed by atoms with van der Waals surface area (Å²) in [6.45, 7) is 6.79. The Balaban J connectivity index is 1.75. The number of aromatic nitrogens is 3. The van der Waals surface area contributed by atoms with Gasteiger partial charge in [0.05, 0.1) is 11.6 Å². The molecule has 1 amide bonds.